The van der Waals surface area contributed by atoms with Crippen molar-refractivity contribution in [3.05, 3.63) is 124 Å². The standard InChI is InChI=1S/C32H34O3.2CH4.H2O/c1-21-7-9-24(10-8-21)31(33)25-11-15-28(16-12-25)35-30-18-14-27(20-23(30)3)32(4,5)26-13-17-29(34-6)22(2)19-26;;;/h7-20,31,33H,1-6H3;2*1H4;1H2. The number of rotatable bonds is 7. The van der Waals surface area contributed by atoms with Gasteiger partial charge in [-0.1, -0.05) is 94.9 Å². The minimum absolute atomic E-state index is 0. The number of aryl methyl sites for hydroxylation is 3. The molecule has 0 bridgehead atoms. The number of hydrogen-bond acceptors (Lipinski definition) is 3. The van der Waals surface area contributed by atoms with Crippen molar-refractivity contribution in [3.63, 3.8) is 0 Å². The lowest BCUT2D eigenvalue weighted by Crippen LogP contribution is -2.19. The molecular weight excluding hydrogens is 472 g/mol. The third-order valence-corrected chi connectivity index (χ3v) is 6.83. The van der Waals surface area contributed by atoms with Gasteiger partial charge in [0, 0.05) is 5.41 Å². The van der Waals surface area contributed by atoms with Gasteiger partial charge in [0.2, 0.25) is 0 Å². The third kappa shape index (κ3) is 6.83. The minimum atomic E-state index is -0.658. The first-order chi connectivity index (χ1) is 16.7. The van der Waals surface area contributed by atoms with Gasteiger partial charge in [-0.15, -0.1) is 0 Å². The summed E-state index contributed by atoms with van der Waals surface area (Å²) in [5, 5.41) is 10.7. The predicted molar refractivity (Wildman–Crippen MR) is 160 cm³/mol. The second kappa shape index (κ2) is 13.3. The SMILES string of the molecule is C.C.COc1ccc(C(C)(C)c2ccc(Oc3ccc(C(O)c4ccc(C)cc4)cc3)c(C)c2)cc1C.O. The summed E-state index contributed by atoms with van der Waals surface area (Å²) in [6.45, 7) is 10.7. The molecule has 0 heterocycles. The molecule has 4 aromatic carbocycles. The smallest absolute Gasteiger partial charge is 0.130 e. The van der Waals surface area contributed by atoms with Crippen molar-refractivity contribution in [2.45, 2.75) is 61.0 Å². The minimum Gasteiger partial charge on any atom is -0.496 e. The summed E-state index contributed by atoms with van der Waals surface area (Å²) in [4.78, 5) is 0. The first kappa shape index (κ1) is 32.4. The zero-order chi connectivity index (χ0) is 25.2. The molecule has 0 aliphatic heterocycles. The van der Waals surface area contributed by atoms with Gasteiger partial charge in [0.1, 0.15) is 23.4 Å². The maximum absolute atomic E-state index is 10.7. The Morgan fingerprint density at radius 3 is 1.55 bits per heavy atom. The van der Waals surface area contributed by atoms with E-state index in [0.29, 0.717) is 0 Å². The van der Waals surface area contributed by atoms with E-state index < -0.39 is 6.10 Å². The highest BCUT2D eigenvalue weighted by Crippen LogP contribution is 2.37. The normalized spacial score (nSPS) is 11.3. The quantitative estimate of drug-likeness (QED) is 0.269. The Hall–Kier alpha value is -3.60. The van der Waals surface area contributed by atoms with Crippen molar-refractivity contribution in [2.24, 2.45) is 0 Å². The fourth-order valence-electron chi connectivity index (χ4n) is 4.37. The molecule has 0 saturated carbocycles. The third-order valence-electron chi connectivity index (χ3n) is 6.83. The van der Waals surface area contributed by atoms with E-state index in [1.165, 1.54) is 16.7 Å². The average molecular weight is 517 g/mol. The maximum Gasteiger partial charge on any atom is 0.130 e. The lowest BCUT2D eigenvalue weighted by molar-refractivity contribution is 0.220. The molecule has 0 spiro atoms. The largest absolute Gasteiger partial charge is 0.496 e. The molecule has 4 rings (SSSR count). The highest BCUT2D eigenvalue weighted by molar-refractivity contribution is 5.48. The van der Waals surface area contributed by atoms with Crippen LogP contribution in [-0.2, 0) is 5.41 Å². The van der Waals surface area contributed by atoms with Crippen LogP contribution in [0.15, 0.2) is 84.9 Å². The van der Waals surface area contributed by atoms with Gasteiger partial charge in [-0.05, 0) is 78.4 Å². The van der Waals surface area contributed by atoms with Crippen molar-refractivity contribution in [1.82, 2.24) is 0 Å². The summed E-state index contributed by atoms with van der Waals surface area (Å²) in [7, 11) is 1.70. The first-order valence-electron chi connectivity index (χ1n) is 12.0. The molecule has 1 unspecified atom stereocenters. The van der Waals surface area contributed by atoms with E-state index in [2.05, 4.69) is 52.0 Å². The number of ether oxygens (including phenoxy) is 2. The fraction of sp³-hybridized carbons (Fsp3) is 0.294. The molecule has 4 aromatic rings. The molecule has 0 aliphatic carbocycles. The van der Waals surface area contributed by atoms with Gasteiger partial charge < -0.3 is 20.1 Å². The van der Waals surface area contributed by atoms with E-state index in [9.17, 15) is 5.11 Å². The van der Waals surface area contributed by atoms with Crippen LogP contribution in [0.4, 0.5) is 0 Å². The highest BCUT2D eigenvalue weighted by atomic mass is 16.5. The van der Waals surface area contributed by atoms with Crippen LogP contribution < -0.4 is 9.47 Å². The molecular formula is C34H44O4. The molecule has 0 aromatic heterocycles. The molecule has 0 aliphatic rings. The molecule has 0 saturated heterocycles. The van der Waals surface area contributed by atoms with E-state index in [4.69, 9.17) is 9.47 Å². The predicted octanol–water partition coefficient (Wildman–Crippen LogP) is 8.27. The van der Waals surface area contributed by atoms with Crippen molar-refractivity contribution >= 4 is 0 Å². The number of benzene rings is 4. The summed E-state index contributed by atoms with van der Waals surface area (Å²) in [6.07, 6.45) is -0.658. The fourth-order valence-corrected chi connectivity index (χ4v) is 4.37. The van der Waals surface area contributed by atoms with E-state index >= 15 is 0 Å². The van der Waals surface area contributed by atoms with Crippen molar-refractivity contribution < 1.29 is 20.1 Å². The zero-order valence-corrected chi connectivity index (χ0v) is 21.9. The second-order valence-electron chi connectivity index (χ2n) is 9.77. The van der Waals surface area contributed by atoms with Gasteiger partial charge in [0.05, 0.1) is 7.11 Å². The van der Waals surface area contributed by atoms with Gasteiger partial charge >= 0.3 is 0 Å². The Morgan fingerprint density at radius 2 is 1.11 bits per heavy atom. The van der Waals surface area contributed by atoms with E-state index in [-0.39, 0.29) is 25.7 Å². The number of hydrogen-bond donors (Lipinski definition) is 1. The Bertz CT molecular complexity index is 1310. The van der Waals surface area contributed by atoms with Crippen LogP contribution in [-0.4, -0.2) is 17.7 Å². The molecule has 0 radical (unpaired) electrons. The lowest BCUT2D eigenvalue weighted by atomic mass is 9.77. The molecule has 0 amide bonds. The molecule has 3 N–H and O–H groups in total. The maximum atomic E-state index is 10.7. The number of methoxy groups -OCH3 is 1. The van der Waals surface area contributed by atoms with Gasteiger partial charge in [-0.3, -0.25) is 0 Å². The molecule has 4 nitrogen and oxygen atoms in total. The van der Waals surface area contributed by atoms with E-state index in [1.54, 1.807) is 7.11 Å². The van der Waals surface area contributed by atoms with Crippen molar-refractivity contribution in [2.75, 3.05) is 7.11 Å². The van der Waals surface area contributed by atoms with Crippen LogP contribution >= 0.6 is 0 Å². The van der Waals surface area contributed by atoms with Crippen LogP contribution in [0, 0.1) is 20.8 Å². The van der Waals surface area contributed by atoms with E-state index in [1.807, 2.05) is 67.6 Å². The van der Waals surface area contributed by atoms with E-state index in [0.717, 1.165) is 39.5 Å². The average Bonchev–Trinajstić information content (AvgIpc) is 2.85. The number of aliphatic hydroxyl groups is 1. The molecule has 0 fully saturated rings. The monoisotopic (exact) mass is 516 g/mol. The van der Waals surface area contributed by atoms with Crippen LogP contribution in [0.1, 0.15) is 73.7 Å². The van der Waals surface area contributed by atoms with Crippen LogP contribution in [0.5, 0.6) is 17.2 Å². The molecule has 1 atom stereocenters. The molecule has 4 heteroatoms. The van der Waals surface area contributed by atoms with Crippen LogP contribution in [0.2, 0.25) is 0 Å². The van der Waals surface area contributed by atoms with Gasteiger partial charge in [-0.2, -0.15) is 0 Å². The van der Waals surface area contributed by atoms with Crippen LogP contribution in [0.3, 0.4) is 0 Å². The topological polar surface area (TPSA) is 70.2 Å². The summed E-state index contributed by atoms with van der Waals surface area (Å²) in [6, 6.07) is 28.3. The van der Waals surface area contributed by atoms with Crippen molar-refractivity contribution in [1.29, 1.82) is 0 Å². The van der Waals surface area contributed by atoms with Gasteiger partial charge in [-0.25, -0.2) is 0 Å². The highest BCUT2D eigenvalue weighted by Gasteiger charge is 2.24. The van der Waals surface area contributed by atoms with Gasteiger partial charge in [0.25, 0.3) is 0 Å². The Balaban J connectivity index is 0.00000241. The Kier molecular flexibility index (Phi) is 11.3. The summed E-state index contributed by atoms with van der Waals surface area (Å²) < 4.78 is 11.6. The van der Waals surface area contributed by atoms with Crippen molar-refractivity contribution in [3.8, 4) is 17.2 Å². The first-order valence-corrected chi connectivity index (χ1v) is 12.0. The summed E-state index contributed by atoms with van der Waals surface area (Å²) >= 11 is 0. The molecule has 38 heavy (non-hydrogen) atoms. The van der Waals surface area contributed by atoms with Gasteiger partial charge in [0.15, 0.2) is 0 Å². The summed E-state index contributed by atoms with van der Waals surface area (Å²) in [5.74, 6) is 2.47. The summed E-state index contributed by atoms with van der Waals surface area (Å²) in [5.41, 5.74) is 7.41. The Labute approximate surface area is 229 Å². The lowest BCUT2D eigenvalue weighted by Gasteiger charge is -2.27. The number of aliphatic hydroxyl groups excluding tert-OH is 1. The molecule has 204 valence electrons. The second-order valence-corrected chi connectivity index (χ2v) is 9.77. The zero-order valence-electron chi connectivity index (χ0n) is 21.9. The van der Waals surface area contributed by atoms with Crippen LogP contribution in [0.25, 0.3) is 0 Å². The Morgan fingerprint density at radius 1 is 0.658 bits per heavy atom.